The van der Waals surface area contributed by atoms with Gasteiger partial charge in [-0.05, 0) is 36.8 Å². The summed E-state index contributed by atoms with van der Waals surface area (Å²) in [4.78, 5) is 34.7. The molecule has 3 aromatic carbocycles. The minimum Gasteiger partial charge on any atom is -0.457 e. The molecular formula is C24H18N2O8S. The highest BCUT2D eigenvalue weighted by molar-refractivity contribution is 7.92. The highest BCUT2D eigenvalue weighted by atomic mass is 32.2. The molecule has 0 saturated heterocycles. The number of esters is 1. The van der Waals surface area contributed by atoms with Crippen LogP contribution in [-0.4, -0.2) is 19.3 Å². The summed E-state index contributed by atoms with van der Waals surface area (Å²) in [6.07, 6.45) is 0. The summed E-state index contributed by atoms with van der Waals surface area (Å²) in [5.41, 5.74) is 0.531. The van der Waals surface area contributed by atoms with Gasteiger partial charge in [-0.25, -0.2) is 18.0 Å². The van der Waals surface area contributed by atoms with Crippen molar-refractivity contribution < 1.29 is 27.3 Å². The monoisotopic (exact) mass is 494 g/mol. The van der Waals surface area contributed by atoms with Crippen LogP contribution in [0.5, 0.6) is 0 Å². The lowest BCUT2D eigenvalue weighted by Gasteiger charge is -2.13. The van der Waals surface area contributed by atoms with E-state index in [4.69, 9.17) is 9.15 Å². The van der Waals surface area contributed by atoms with Crippen LogP contribution in [-0.2, 0) is 21.4 Å². The Kier molecular flexibility index (Phi) is 6.34. The summed E-state index contributed by atoms with van der Waals surface area (Å²) in [6.45, 7) is 1.59. The SMILES string of the molecule is Cc1ccc2c(COC(=O)c3ccccc3NS(=O)(=O)c3cccc([N+](=O)[O-])c3)cc(=O)oc2c1. The lowest BCUT2D eigenvalue weighted by atomic mass is 10.1. The van der Waals surface area contributed by atoms with Crippen molar-refractivity contribution in [2.24, 2.45) is 0 Å². The molecule has 1 aromatic heterocycles. The Morgan fingerprint density at radius 3 is 2.60 bits per heavy atom. The van der Waals surface area contributed by atoms with Gasteiger partial charge in [-0.2, -0.15) is 0 Å². The van der Waals surface area contributed by atoms with E-state index in [1.54, 1.807) is 12.1 Å². The number of hydrogen-bond donors (Lipinski definition) is 1. The number of rotatable bonds is 7. The van der Waals surface area contributed by atoms with Crippen molar-refractivity contribution in [2.75, 3.05) is 4.72 Å². The summed E-state index contributed by atoms with van der Waals surface area (Å²) in [5.74, 6) is -0.837. The largest absolute Gasteiger partial charge is 0.457 e. The minimum absolute atomic E-state index is 0.0722. The maximum Gasteiger partial charge on any atom is 0.340 e. The molecule has 1 heterocycles. The molecule has 4 aromatic rings. The highest BCUT2D eigenvalue weighted by Crippen LogP contribution is 2.24. The van der Waals surface area contributed by atoms with Gasteiger partial charge < -0.3 is 9.15 Å². The van der Waals surface area contributed by atoms with E-state index < -0.39 is 32.2 Å². The van der Waals surface area contributed by atoms with E-state index in [1.807, 2.05) is 13.0 Å². The zero-order chi connectivity index (χ0) is 25.2. The van der Waals surface area contributed by atoms with Gasteiger partial charge in [-0.3, -0.25) is 14.8 Å². The molecule has 0 saturated carbocycles. The number of benzene rings is 3. The molecule has 0 atom stereocenters. The van der Waals surface area contributed by atoms with Crippen LogP contribution in [0.4, 0.5) is 11.4 Å². The second-order valence-electron chi connectivity index (χ2n) is 7.57. The first-order chi connectivity index (χ1) is 16.6. The van der Waals surface area contributed by atoms with Crippen molar-refractivity contribution in [3.63, 3.8) is 0 Å². The van der Waals surface area contributed by atoms with Crippen molar-refractivity contribution in [1.29, 1.82) is 0 Å². The Labute approximate surface area is 199 Å². The Morgan fingerprint density at radius 1 is 1.06 bits per heavy atom. The predicted octanol–water partition coefficient (Wildman–Crippen LogP) is 4.17. The minimum atomic E-state index is -4.25. The molecule has 0 spiro atoms. The van der Waals surface area contributed by atoms with E-state index in [-0.39, 0.29) is 22.8 Å². The topological polar surface area (TPSA) is 146 Å². The maximum atomic E-state index is 12.8. The maximum absolute atomic E-state index is 12.8. The number of sulfonamides is 1. The number of anilines is 1. The average Bonchev–Trinajstić information content (AvgIpc) is 2.82. The van der Waals surface area contributed by atoms with Crippen LogP contribution in [0.2, 0.25) is 0 Å². The summed E-state index contributed by atoms with van der Waals surface area (Å²) in [5, 5.41) is 11.6. The highest BCUT2D eigenvalue weighted by Gasteiger charge is 2.21. The van der Waals surface area contributed by atoms with Crippen LogP contribution in [0.25, 0.3) is 11.0 Å². The third-order valence-electron chi connectivity index (χ3n) is 5.07. The van der Waals surface area contributed by atoms with E-state index >= 15 is 0 Å². The fourth-order valence-corrected chi connectivity index (χ4v) is 4.51. The van der Waals surface area contributed by atoms with Gasteiger partial charge in [-0.15, -0.1) is 0 Å². The first-order valence-electron chi connectivity index (χ1n) is 10.2. The molecule has 0 unspecified atom stereocenters. The molecule has 35 heavy (non-hydrogen) atoms. The van der Waals surface area contributed by atoms with Gasteiger partial charge in [0.05, 0.1) is 21.1 Å². The fourth-order valence-electron chi connectivity index (χ4n) is 3.40. The number of aryl methyl sites for hydroxylation is 1. The Bertz CT molecular complexity index is 1630. The zero-order valence-electron chi connectivity index (χ0n) is 18.3. The Balaban J connectivity index is 1.59. The van der Waals surface area contributed by atoms with Gasteiger partial charge in [0.1, 0.15) is 12.2 Å². The average molecular weight is 494 g/mol. The van der Waals surface area contributed by atoms with Crippen LogP contribution in [0, 0.1) is 17.0 Å². The van der Waals surface area contributed by atoms with Crippen molar-refractivity contribution in [3.05, 3.63) is 110 Å². The third-order valence-corrected chi connectivity index (χ3v) is 6.44. The van der Waals surface area contributed by atoms with E-state index in [0.29, 0.717) is 16.5 Å². The molecule has 1 N–H and O–H groups in total. The van der Waals surface area contributed by atoms with Crippen molar-refractivity contribution in [1.82, 2.24) is 0 Å². The molecule has 10 nitrogen and oxygen atoms in total. The number of fused-ring (bicyclic) bond motifs is 1. The van der Waals surface area contributed by atoms with Gasteiger partial charge in [0, 0.05) is 29.1 Å². The quantitative estimate of drug-likeness (QED) is 0.174. The molecule has 0 aliphatic heterocycles. The second-order valence-corrected chi connectivity index (χ2v) is 9.25. The van der Waals surface area contributed by atoms with Crippen molar-refractivity contribution in [3.8, 4) is 0 Å². The first kappa shape index (κ1) is 23.6. The molecule has 0 radical (unpaired) electrons. The molecule has 0 aliphatic rings. The van der Waals surface area contributed by atoms with E-state index in [0.717, 1.165) is 11.6 Å². The van der Waals surface area contributed by atoms with Crippen molar-refractivity contribution >= 4 is 38.3 Å². The van der Waals surface area contributed by atoms with Crippen LogP contribution >= 0.6 is 0 Å². The number of para-hydroxylation sites is 1. The van der Waals surface area contributed by atoms with Gasteiger partial charge in [-0.1, -0.05) is 30.3 Å². The predicted molar refractivity (Wildman–Crippen MR) is 127 cm³/mol. The number of nitro benzene ring substituents is 1. The van der Waals surface area contributed by atoms with Gasteiger partial charge in [0.2, 0.25) is 0 Å². The summed E-state index contributed by atoms with van der Waals surface area (Å²) in [7, 11) is -4.25. The lowest BCUT2D eigenvalue weighted by molar-refractivity contribution is -0.385. The van der Waals surface area contributed by atoms with Crippen LogP contribution in [0.3, 0.4) is 0 Å². The summed E-state index contributed by atoms with van der Waals surface area (Å²) in [6, 6.07) is 16.8. The smallest absolute Gasteiger partial charge is 0.340 e. The van der Waals surface area contributed by atoms with Gasteiger partial charge >= 0.3 is 11.6 Å². The standard InChI is InChI=1S/C24H18N2O8S/c1-15-9-10-19-16(12-23(27)34-22(19)11-15)14-33-24(28)20-7-2-3-8-21(20)25-35(31,32)18-6-4-5-17(13-18)26(29)30/h2-13,25H,14H2,1H3. The normalized spacial score (nSPS) is 11.2. The number of nitro groups is 1. The van der Waals surface area contributed by atoms with Crippen LogP contribution < -0.4 is 10.3 Å². The summed E-state index contributed by atoms with van der Waals surface area (Å²) >= 11 is 0. The number of nitrogens with one attached hydrogen (secondary N) is 1. The number of carbonyl (C=O) groups is 1. The second kappa shape index (κ2) is 9.39. The Morgan fingerprint density at radius 2 is 1.83 bits per heavy atom. The van der Waals surface area contributed by atoms with Crippen molar-refractivity contribution in [2.45, 2.75) is 18.4 Å². The molecule has 0 bridgehead atoms. The molecule has 11 heteroatoms. The van der Waals surface area contributed by atoms with Crippen LogP contribution in [0.15, 0.2) is 86.9 Å². The number of ether oxygens (including phenoxy) is 1. The lowest BCUT2D eigenvalue weighted by Crippen LogP contribution is -2.17. The van der Waals surface area contributed by atoms with E-state index in [9.17, 15) is 28.1 Å². The number of non-ortho nitro benzene ring substituents is 1. The molecular weight excluding hydrogens is 476 g/mol. The molecule has 4 rings (SSSR count). The summed E-state index contributed by atoms with van der Waals surface area (Å²) < 4.78 is 38.5. The van der Waals surface area contributed by atoms with E-state index in [2.05, 4.69) is 4.72 Å². The number of nitrogens with zero attached hydrogens (tertiary/aromatic N) is 1. The van der Waals surface area contributed by atoms with Gasteiger partial charge in [0.15, 0.2) is 0 Å². The number of hydrogen-bond acceptors (Lipinski definition) is 8. The fraction of sp³-hybridized carbons (Fsp3) is 0.0833. The first-order valence-corrected chi connectivity index (χ1v) is 11.7. The molecule has 0 fully saturated rings. The van der Waals surface area contributed by atoms with E-state index in [1.165, 1.54) is 48.5 Å². The molecule has 0 aliphatic carbocycles. The Hall–Kier alpha value is -4.51. The number of carbonyl (C=O) groups excluding carboxylic acids is 1. The zero-order valence-corrected chi connectivity index (χ0v) is 19.1. The third kappa shape index (κ3) is 5.20. The molecule has 178 valence electrons. The van der Waals surface area contributed by atoms with Crippen LogP contribution in [0.1, 0.15) is 21.5 Å². The van der Waals surface area contributed by atoms with Gasteiger partial charge in [0.25, 0.3) is 15.7 Å². The molecule has 0 amide bonds.